The Labute approximate surface area is 150 Å². The van der Waals surface area contributed by atoms with Crippen molar-refractivity contribution in [2.24, 2.45) is 0 Å². The predicted octanol–water partition coefficient (Wildman–Crippen LogP) is 2.97. The molecule has 126 valence electrons. The van der Waals surface area contributed by atoms with E-state index in [9.17, 15) is 9.59 Å². The van der Waals surface area contributed by atoms with Gasteiger partial charge >= 0.3 is 0 Å². The number of pyridine rings is 1. The molecule has 5 rings (SSSR count). The van der Waals surface area contributed by atoms with Crippen LogP contribution in [0.4, 0.5) is 0 Å². The largest absolute Gasteiger partial charge is 0.338 e. The molecule has 2 atom stereocenters. The van der Waals surface area contributed by atoms with E-state index in [0.717, 1.165) is 22.4 Å². The van der Waals surface area contributed by atoms with E-state index in [1.807, 2.05) is 72.8 Å². The van der Waals surface area contributed by atoms with E-state index in [2.05, 4.69) is 5.32 Å². The molecule has 1 aromatic heterocycles. The average Bonchev–Trinajstić information content (AvgIpc) is 2.68. The fraction of sp³-hybridized carbons (Fsp3) is 0.0909. The van der Waals surface area contributed by atoms with Crippen molar-refractivity contribution in [3.05, 3.63) is 106 Å². The van der Waals surface area contributed by atoms with E-state index >= 15 is 0 Å². The minimum atomic E-state index is -0.738. The van der Waals surface area contributed by atoms with Crippen molar-refractivity contribution >= 4 is 17.6 Å². The lowest BCUT2D eigenvalue weighted by molar-refractivity contribution is -0.137. The van der Waals surface area contributed by atoms with Gasteiger partial charge in [-0.3, -0.25) is 14.2 Å². The first kappa shape index (κ1) is 14.9. The van der Waals surface area contributed by atoms with Crippen molar-refractivity contribution in [1.82, 2.24) is 9.88 Å². The van der Waals surface area contributed by atoms with Gasteiger partial charge < -0.3 is 5.32 Å². The van der Waals surface area contributed by atoms with Gasteiger partial charge in [0.1, 0.15) is 11.6 Å². The fourth-order valence-corrected chi connectivity index (χ4v) is 4.16. The Morgan fingerprint density at radius 1 is 0.808 bits per heavy atom. The standard InChI is InChI=1S/C22H16N2O2/c25-19-13-7-12-17-14-18(15-8-3-1-4-9-15)22(16-10-5-2-6-11-16)20(24(17)19)21(26)23-22/h1-14,20H,(H,23,26)/t20-,22-/m1/s1. The summed E-state index contributed by atoms with van der Waals surface area (Å²) in [7, 11) is 0. The highest BCUT2D eigenvalue weighted by atomic mass is 16.2. The molecule has 0 radical (unpaired) electrons. The van der Waals surface area contributed by atoms with Crippen LogP contribution in [0.2, 0.25) is 0 Å². The first-order valence-corrected chi connectivity index (χ1v) is 8.58. The van der Waals surface area contributed by atoms with Gasteiger partial charge in [0.25, 0.3) is 5.56 Å². The van der Waals surface area contributed by atoms with Crippen LogP contribution in [0.25, 0.3) is 11.6 Å². The van der Waals surface area contributed by atoms with E-state index in [1.165, 1.54) is 6.07 Å². The highest BCUT2D eigenvalue weighted by Gasteiger charge is 2.60. The summed E-state index contributed by atoms with van der Waals surface area (Å²) in [6.07, 6.45) is 2.01. The Bertz CT molecular complexity index is 1100. The van der Waals surface area contributed by atoms with Crippen molar-refractivity contribution in [3.8, 4) is 0 Å². The van der Waals surface area contributed by atoms with E-state index in [1.54, 1.807) is 10.6 Å². The summed E-state index contributed by atoms with van der Waals surface area (Å²) >= 11 is 0. The molecule has 0 bridgehead atoms. The van der Waals surface area contributed by atoms with Crippen LogP contribution in [0.15, 0.2) is 83.7 Å². The SMILES string of the molecule is O=C1N[C@]2(c3ccccc3)C(c3ccccc3)=Cc3cccc(=O)n3[C@H]12. The van der Waals surface area contributed by atoms with Crippen molar-refractivity contribution in [2.45, 2.75) is 11.6 Å². The topological polar surface area (TPSA) is 51.1 Å². The van der Waals surface area contributed by atoms with Crippen molar-refractivity contribution in [3.63, 3.8) is 0 Å². The summed E-state index contributed by atoms with van der Waals surface area (Å²) in [5.74, 6) is -0.134. The van der Waals surface area contributed by atoms with Gasteiger partial charge in [0, 0.05) is 11.8 Å². The number of β-lactam (4-membered cyclic amide) rings is 1. The molecule has 2 aromatic carbocycles. The second-order valence-corrected chi connectivity index (χ2v) is 6.65. The number of benzene rings is 2. The van der Waals surface area contributed by atoms with Crippen LogP contribution in [0, 0.1) is 0 Å². The number of amides is 1. The summed E-state index contributed by atoms with van der Waals surface area (Å²) in [5, 5.41) is 3.12. The Hall–Kier alpha value is -3.40. The third kappa shape index (κ3) is 1.84. The Morgan fingerprint density at radius 3 is 2.19 bits per heavy atom. The lowest BCUT2D eigenvalue weighted by Crippen LogP contribution is -2.69. The molecule has 3 heterocycles. The smallest absolute Gasteiger partial charge is 0.251 e. The van der Waals surface area contributed by atoms with Crippen LogP contribution in [0.3, 0.4) is 0 Å². The van der Waals surface area contributed by atoms with Gasteiger partial charge in [0.2, 0.25) is 5.91 Å². The number of carbonyl (C=O) groups is 1. The molecule has 0 spiro atoms. The Balaban J connectivity index is 1.86. The molecule has 2 aliphatic heterocycles. The Kier molecular flexibility index (Phi) is 3.04. The molecule has 1 fully saturated rings. The van der Waals surface area contributed by atoms with Crippen LogP contribution in [-0.4, -0.2) is 10.5 Å². The number of carbonyl (C=O) groups excluding carboxylic acids is 1. The summed E-state index contributed by atoms with van der Waals surface area (Å²) < 4.78 is 1.61. The predicted molar refractivity (Wildman–Crippen MR) is 100 cm³/mol. The summed E-state index contributed by atoms with van der Waals surface area (Å²) in [6.45, 7) is 0. The third-order valence-electron chi connectivity index (χ3n) is 5.29. The number of nitrogens with zero attached hydrogens (tertiary/aromatic N) is 1. The lowest BCUT2D eigenvalue weighted by atomic mass is 9.66. The number of aromatic nitrogens is 1. The molecular formula is C22H16N2O2. The van der Waals surface area contributed by atoms with Crippen molar-refractivity contribution in [1.29, 1.82) is 0 Å². The first-order chi connectivity index (χ1) is 12.7. The minimum Gasteiger partial charge on any atom is -0.338 e. The molecule has 4 nitrogen and oxygen atoms in total. The second kappa shape index (κ2) is 5.30. The van der Waals surface area contributed by atoms with Gasteiger partial charge in [-0.05, 0) is 28.8 Å². The zero-order valence-corrected chi connectivity index (χ0v) is 13.9. The van der Waals surface area contributed by atoms with Crippen molar-refractivity contribution < 1.29 is 4.79 Å². The molecule has 0 unspecified atom stereocenters. The maximum atomic E-state index is 12.6. The number of nitrogens with one attached hydrogen (secondary N) is 1. The molecule has 26 heavy (non-hydrogen) atoms. The van der Waals surface area contributed by atoms with E-state index in [-0.39, 0.29) is 11.5 Å². The molecule has 0 aliphatic carbocycles. The van der Waals surface area contributed by atoms with E-state index in [0.29, 0.717) is 0 Å². The number of hydrogen-bond donors (Lipinski definition) is 1. The fourth-order valence-electron chi connectivity index (χ4n) is 4.16. The first-order valence-electron chi connectivity index (χ1n) is 8.58. The highest BCUT2D eigenvalue weighted by Crippen LogP contribution is 2.53. The second-order valence-electron chi connectivity index (χ2n) is 6.65. The molecule has 1 amide bonds. The van der Waals surface area contributed by atoms with Gasteiger partial charge in [0.05, 0.1) is 0 Å². The van der Waals surface area contributed by atoms with Crippen LogP contribution in [0.1, 0.15) is 22.9 Å². The Morgan fingerprint density at radius 2 is 1.50 bits per heavy atom. The van der Waals surface area contributed by atoms with Crippen LogP contribution >= 0.6 is 0 Å². The average molecular weight is 340 g/mol. The summed E-state index contributed by atoms with van der Waals surface area (Å²) in [5.41, 5.74) is 2.86. The van der Waals surface area contributed by atoms with Crippen LogP contribution in [-0.2, 0) is 10.3 Å². The van der Waals surface area contributed by atoms with E-state index in [4.69, 9.17) is 0 Å². The zero-order valence-electron chi connectivity index (χ0n) is 13.9. The zero-order chi connectivity index (χ0) is 17.7. The quantitative estimate of drug-likeness (QED) is 0.729. The van der Waals surface area contributed by atoms with Gasteiger partial charge in [-0.1, -0.05) is 66.7 Å². The molecular weight excluding hydrogens is 324 g/mol. The van der Waals surface area contributed by atoms with Gasteiger partial charge in [0.15, 0.2) is 0 Å². The van der Waals surface area contributed by atoms with Crippen LogP contribution < -0.4 is 10.9 Å². The minimum absolute atomic E-state index is 0.134. The maximum absolute atomic E-state index is 12.6. The molecule has 0 saturated carbocycles. The van der Waals surface area contributed by atoms with Crippen LogP contribution in [0.5, 0.6) is 0 Å². The summed E-state index contributed by atoms with van der Waals surface area (Å²) in [6, 6.07) is 24.4. The van der Waals surface area contributed by atoms with Crippen molar-refractivity contribution in [2.75, 3.05) is 0 Å². The molecule has 1 saturated heterocycles. The van der Waals surface area contributed by atoms with Gasteiger partial charge in [-0.25, -0.2) is 0 Å². The molecule has 1 N–H and O–H groups in total. The van der Waals surface area contributed by atoms with Gasteiger partial charge in [-0.2, -0.15) is 0 Å². The monoisotopic (exact) mass is 340 g/mol. The number of hydrogen-bond acceptors (Lipinski definition) is 2. The highest BCUT2D eigenvalue weighted by molar-refractivity contribution is 6.03. The molecule has 3 aromatic rings. The maximum Gasteiger partial charge on any atom is 0.251 e. The normalized spacial score (nSPS) is 23.2. The molecule has 4 heteroatoms. The van der Waals surface area contributed by atoms with E-state index < -0.39 is 11.6 Å². The lowest BCUT2D eigenvalue weighted by Gasteiger charge is -2.54. The number of rotatable bonds is 2. The third-order valence-corrected chi connectivity index (χ3v) is 5.29. The summed E-state index contributed by atoms with van der Waals surface area (Å²) in [4.78, 5) is 25.2. The number of fused-ring (bicyclic) bond motifs is 3. The molecule has 2 aliphatic rings. The van der Waals surface area contributed by atoms with Gasteiger partial charge in [-0.15, -0.1) is 0 Å².